The summed E-state index contributed by atoms with van der Waals surface area (Å²) in [4.78, 5) is 15.4. The quantitative estimate of drug-likeness (QED) is 0.557. The van der Waals surface area contributed by atoms with Crippen LogP contribution >= 0.6 is 11.9 Å². The number of rotatable bonds is 4. The largest absolute Gasteiger partial charge is 0.497 e. The molecule has 0 unspecified atom stereocenters. The van der Waals surface area contributed by atoms with Crippen molar-refractivity contribution in [1.29, 1.82) is 0 Å². The first-order valence-electron chi connectivity index (χ1n) is 8.42. The lowest BCUT2D eigenvalue weighted by Crippen LogP contribution is -2.40. The number of ether oxygens (including phenoxy) is 2. The maximum absolute atomic E-state index is 12.8. The summed E-state index contributed by atoms with van der Waals surface area (Å²) < 4.78 is 12.7. The number of methoxy groups -OCH3 is 1. The van der Waals surface area contributed by atoms with Gasteiger partial charge >= 0.3 is 6.03 Å². The molecule has 0 bridgehead atoms. The predicted octanol–water partition coefficient (Wildman–Crippen LogP) is 5.57. The van der Waals surface area contributed by atoms with Crippen molar-refractivity contribution in [3.63, 3.8) is 0 Å². The normalized spacial score (nSPS) is 13.3. The summed E-state index contributed by atoms with van der Waals surface area (Å²) in [6.07, 6.45) is 0. The third kappa shape index (κ3) is 3.44. The van der Waals surface area contributed by atoms with Gasteiger partial charge in [-0.15, -0.1) is 0 Å². The molecule has 0 aliphatic carbocycles. The number of anilines is 2. The van der Waals surface area contributed by atoms with E-state index in [0.29, 0.717) is 0 Å². The third-order valence-corrected chi connectivity index (χ3v) is 5.32. The molecule has 27 heavy (non-hydrogen) atoms. The third-order valence-electron chi connectivity index (χ3n) is 4.23. The van der Waals surface area contributed by atoms with Gasteiger partial charge in [0.2, 0.25) is 0 Å². The molecule has 0 fully saturated rings. The van der Waals surface area contributed by atoms with Gasteiger partial charge in [-0.2, -0.15) is 0 Å². The summed E-state index contributed by atoms with van der Waals surface area (Å²) in [5.74, 6) is 2.22. The van der Waals surface area contributed by atoms with Crippen molar-refractivity contribution in [2.24, 2.45) is 0 Å². The highest BCUT2D eigenvalue weighted by molar-refractivity contribution is 8.01. The van der Waals surface area contributed by atoms with Crippen molar-refractivity contribution in [3.05, 3.63) is 72.8 Å². The molecule has 3 aromatic rings. The SMILES string of the molecule is COc1ccc2c(c1)N(C)C(=O)N(c1ccc(Oc3ccccc3)cc1)S2. The van der Waals surface area contributed by atoms with Crippen LogP contribution in [0.3, 0.4) is 0 Å². The molecule has 0 aromatic heterocycles. The Morgan fingerprint density at radius 1 is 0.852 bits per heavy atom. The molecule has 0 atom stereocenters. The lowest BCUT2D eigenvalue weighted by molar-refractivity contribution is 0.255. The van der Waals surface area contributed by atoms with E-state index in [9.17, 15) is 4.79 Å². The van der Waals surface area contributed by atoms with E-state index < -0.39 is 0 Å². The number of hydrogen-bond donors (Lipinski definition) is 0. The van der Waals surface area contributed by atoms with Crippen molar-refractivity contribution >= 4 is 29.4 Å². The van der Waals surface area contributed by atoms with Crippen LogP contribution in [0.4, 0.5) is 16.2 Å². The van der Waals surface area contributed by atoms with Crippen LogP contribution < -0.4 is 18.7 Å². The van der Waals surface area contributed by atoms with Crippen molar-refractivity contribution in [1.82, 2.24) is 0 Å². The molecule has 136 valence electrons. The fraction of sp³-hybridized carbons (Fsp3) is 0.0952. The van der Waals surface area contributed by atoms with Crippen LogP contribution in [-0.4, -0.2) is 20.2 Å². The monoisotopic (exact) mass is 378 g/mol. The fourth-order valence-electron chi connectivity index (χ4n) is 2.78. The zero-order valence-corrected chi connectivity index (χ0v) is 15.8. The number of benzene rings is 3. The minimum Gasteiger partial charge on any atom is -0.497 e. The van der Waals surface area contributed by atoms with Crippen LogP contribution in [-0.2, 0) is 0 Å². The van der Waals surface area contributed by atoms with E-state index in [0.717, 1.165) is 33.5 Å². The van der Waals surface area contributed by atoms with E-state index in [1.807, 2.05) is 72.8 Å². The zero-order chi connectivity index (χ0) is 18.8. The molecular formula is C21H18N2O3S. The Balaban J connectivity index is 1.57. The van der Waals surface area contributed by atoms with Gasteiger partial charge in [0.05, 0.1) is 23.4 Å². The Hall–Kier alpha value is -3.12. The Morgan fingerprint density at radius 3 is 2.22 bits per heavy atom. The van der Waals surface area contributed by atoms with Gasteiger partial charge in [-0.1, -0.05) is 18.2 Å². The number of hydrogen-bond acceptors (Lipinski definition) is 4. The van der Waals surface area contributed by atoms with E-state index in [1.165, 1.54) is 11.9 Å². The second-order valence-electron chi connectivity index (χ2n) is 5.97. The molecular weight excluding hydrogens is 360 g/mol. The molecule has 0 radical (unpaired) electrons. The van der Waals surface area contributed by atoms with Gasteiger partial charge < -0.3 is 9.47 Å². The van der Waals surface area contributed by atoms with Crippen LogP contribution in [0, 0.1) is 0 Å². The smallest absolute Gasteiger partial charge is 0.339 e. The van der Waals surface area contributed by atoms with Crippen molar-refractivity contribution in [3.8, 4) is 17.2 Å². The number of urea groups is 1. The van der Waals surface area contributed by atoms with Gasteiger partial charge in [-0.05, 0) is 60.5 Å². The van der Waals surface area contributed by atoms with Crippen molar-refractivity contribution in [2.45, 2.75) is 4.90 Å². The molecule has 1 aliphatic rings. The highest BCUT2D eigenvalue weighted by atomic mass is 32.2. The molecule has 3 aromatic carbocycles. The Morgan fingerprint density at radius 2 is 1.52 bits per heavy atom. The number of fused-ring (bicyclic) bond motifs is 1. The highest BCUT2D eigenvalue weighted by Crippen LogP contribution is 2.42. The first-order chi connectivity index (χ1) is 13.2. The van der Waals surface area contributed by atoms with Gasteiger partial charge in [0.25, 0.3) is 0 Å². The van der Waals surface area contributed by atoms with Crippen molar-refractivity contribution in [2.75, 3.05) is 23.4 Å². The zero-order valence-electron chi connectivity index (χ0n) is 15.0. The number of nitrogens with zero attached hydrogens (tertiary/aromatic N) is 2. The van der Waals surface area contributed by atoms with Crippen LogP contribution in [0.2, 0.25) is 0 Å². The lowest BCUT2D eigenvalue weighted by atomic mass is 10.2. The Bertz CT molecular complexity index is 961. The van der Waals surface area contributed by atoms with Gasteiger partial charge in [-0.3, -0.25) is 4.90 Å². The minimum atomic E-state index is -0.113. The van der Waals surface area contributed by atoms with Gasteiger partial charge in [-0.25, -0.2) is 9.10 Å². The van der Waals surface area contributed by atoms with E-state index in [1.54, 1.807) is 23.4 Å². The van der Waals surface area contributed by atoms with Crippen LogP contribution in [0.5, 0.6) is 17.2 Å². The van der Waals surface area contributed by atoms with Gasteiger partial charge in [0.1, 0.15) is 17.2 Å². The molecule has 0 spiro atoms. The maximum Gasteiger partial charge on any atom is 0.339 e. The average molecular weight is 378 g/mol. The van der Waals surface area contributed by atoms with Crippen molar-refractivity contribution < 1.29 is 14.3 Å². The molecule has 2 amide bonds. The molecule has 0 N–H and O–H groups in total. The second-order valence-corrected chi connectivity index (χ2v) is 6.96. The molecule has 0 saturated carbocycles. The summed E-state index contributed by atoms with van der Waals surface area (Å²) in [6, 6.07) is 22.7. The van der Waals surface area contributed by atoms with Crippen LogP contribution in [0.25, 0.3) is 0 Å². The summed E-state index contributed by atoms with van der Waals surface area (Å²) in [7, 11) is 3.38. The summed E-state index contributed by atoms with van der Waals surface area (Å²) in [6.45, 7) is 0. The number of carbonyl (C=O) groups is 1. The first kappa shape index (κ1) is 17.3. The topological polar surface area (TPSA) is 42.0 Å². The highest BCUT2D eigenvalue weighted by Gasteiger charge is 2.30. The Labute approximate surface area is 162 Å². The first-order valence-corrected chi connectivity index (χ1v) is 9.20. The van der Waals surface area contributed by atoms with E-state index in [4.69, 9.17) is 9.47 Å². The number of carbonyl (C=O) groups excluding carboxylic acids is 1. The number of amides is 2. The molecule has 6 heteroatoms. The summed E-state index contributed by atoms with van der Waals surface area (Å²) in [5.41, 5.74) is 1.63. The molecule has 1 heterocycles. The minimum absolute atomic E-state index is 0.113. The molecule has 0 saturated heterocycles. The van der Waals surface area contributed by atoms with Gasteiger partial charge in [0, 0.05) is 13.1 Å². The van der Waals surface area contributed by atoms with E-state index >= 15 is 0 Å². The summed E-state index contributed by atoms with van der Waals surface area (Å²) in [5, 5.41) is 0. The molecule has 4 rings (SSSR count). The van der Waals surface area contributed by atoms with Gasteiger partial charge in [0.15, 0.2) is 0 Å². The molecule has 5 nitrogen and oxygen atoms in total. The lowest BCUT2D eigenvalue weighted by Gasteiger charge is -2.33. The van der Waals surface area contributed by atoms with E-state index in [2.05, 4.69) is 0 Å². The standard InChI is InChI=1S/C21H18N2O3S/c1-22-19-14-18(25-2)12-13-20(19)27-23(21(22)24)15-8-10-17(11-9-15)26-16-6-4-3-5-7-16/h3-14H,1-2H3. The summed E-state index contributed by atoms with van der Waals surface area (Å²) >= 11 is 1.40. The molecule has 1 aliphatic heterocycles. The maximum atomic E-state index is 12.8. The van der Waals surface area contributed by atoms with Crippen LogP contribution in [0.15, 0.2) is 77.7 Å². The van der Waals surface area contributed by atoms with E-state index in [-0.39, 0.29) is 6.03 Å². The predicted molar refractivity (Wildman–Crippen MR) is 108 cm³/mol. The fourth-order valence-corrected chi connectivity index (χ4v) is 3.82. The number of para-hydroxylation sites is 1. The van der Waals surface area contributed by atoms with Crippen LogP contribution in [0.1, 0.15) is 0 Å². The second kappa shape index (κ2) is 7.25. The average Bonchev–Trinajstić information content (AvgIpc) is 2.72. The Kier molecular flexibility index (Phi) is 4.64.